The largest absolute Gasteiger partial charge is 0.348 e. The average molecular weight is 334 g/mol. The molecule has 1 aliphatic carbocycles. The topological polar surface area (TPSA) is 36.4 Å². The van der Waals surface area contributed by atoms with E-state index in [0.717, 1.165) is 62.4 Å². The van der Waals surface area contributed by atoms with Gasteiger partial charge in [-0.15, -0.1) is 11.3 Å². The molecule has 4 nitrogen and oxygen atoms in total. The second kappa shape index (κ2) is 6.42. The number of aromatic nitrogens is 1. The number of fused-ring (bicyclic) bond motifs is 1. The molecule has 0 aromatic carbocycles. The minimum atomic E-state index is 0.419. The first kappa shape index (κ1) is 15.4. The Hall–Kier alpha value is -1.10. The lowest BCUT2D eigenvalue weighted by Crippen LogP contribution is -2.37. The molecule has 4 rings (SSSR count). The number of thiazole rings is 1. The van der Waals surface area contributed by atoms with Crippen LogP contribution in [0.2, 0.25) is 0 Å². The van der Waals surface area contributed by atoms with Gasteiger partial charge in [0.15, 0.2) is 5.13 Å². The Labute approximate surface area is 142 Å². The van der Waals surface area contributed by atoms with Gasteiger partial charge in [-0.3, -0.25) is 4.79 Å². The molecule has 23 heavy (non-hydrogen) atoms. The summed E-state index contributed by atoms with van der Waals surface area (Å²) in [5, 5.41) is 1.15. The zero-order valence-electron chi connectivity index (χ0n) is 14.0. The van der Waals surface area contributed by atoms with Crippen molar-refractivity contribution >= 4 is 22.4 Å². The standard InChI is InChI=1S/C18H27N3OS/c1-13-10-19-18(23-13)20-7-5-14(6-8-20)9-17(22)21-11-15-3-2-4-16(15)12-21/h10,14-16H,2-9,11-12H2,1H3. The molecule has 5 heteroatoms. The number of nitrogens with zero attached hydrogens (tertiary/aromatic N) is 3. The van der Waals surface area contributed by atoms with Crippen molar-refractivity contribution in [1.29, 1.82) is 0 Å². The first-order valence-electron chi connectivity index (χ1n) is 9.14. The Bertz CT molecular complexity index is 552. The molecule has 2 unspecified atom stereocenters. The third-order valence-corrected chi connectivity index (χ3v) is 7.01. The summed E-state index contributed by atoms with van der Waals surface area (Å²) in [6, 6.07) is 0. The molecular formula is C18H27N3OS. The third-order valence-electron chi connectivity index (χ3n) is 6.04. The molecule has 2 aliphatic heterocycles. The smallest absolute Gasteiger partial charge is 0.222 e. The van der Waals surface area contributed by atoms with E-state index in [1.807, 2.05) is 6.20 Å². The molecule has 0 spiro atoms. The van der Waals surface area contributed by atoms with Crippen LogP contribution in [0.1, 0.15) is 43.4 Å². The van der Waals surface area contributed by atoms with Crippen LogP contribution in [0.15, 0.2) is 6.20 Å². The van der Waals surface area contributed by atoms with Crippen molar-refractivity contribution < 1.29 is 4.79 Å². The third kappa shape index (κ3) is 3.25. The molecule has 2 saturated heterocycles. The Kier molecular flexibility index (Phi) is 4.31. The summed E-state index contributed by atoms with van der Waals surface area (Å²) >= 11 is 1.78. The zero-order valence-corrected chi connectivity index (χ0v) is 14.9. The highest BCUT2D eigenvalue weighted by molar-refractivity contribution is 7.15. The van der Waals surface area contributed by atoms with Gasteiger partial charge in [0.1, 0.15) is 0 Å². The van der Waals surface area contributed by atoms with Gasteiger partial charge in [-0.25, -0.2) is 4.98 Å². The van der Waals surface area contributed by atoms with E-state index in [1.165, 1.54) is 24.1 Å². The predicted molar refractivity (Wildman–Crippen MR) is 93.8 cm³/mol. The molecule has 3 fully saturated rings. The van der Waals surface area contributed by atoms with E-state index < -0.39 is 0 Å². The second-order valence-electron chi connectivity index (χ2n) is 7.64. The van der Waals surface area contributed by atoms with Gasteiger partial charge in [-0.05, 0) is 50.4 Å². The molecule has 1 aromatic heterocycles. The minimum absolute atomic E-state index is 0.419. The summed E-state index contributed by atoms with van der Waals surface area (Å²) in [5.41, 5.74) is 0. The molecular weight excluding hydrogens is 306 g/mol. The monoisotopic (exact) mass is 333 g/mol. The van der Waals surface area contributed by atoms with Crippen LogP contribution >= 0.6 is 11.3 Å². The Morgan fingerprint density at radius 2 is 1.91 bits per heavy atom. The van der Waals surface area contributed by atoms with Crippen LogP contribution in [0.4, 0.5) is 5.13 Å². The molecule has 2 atom stereocenters. The highest BCUT2D eigenvalue weighted by atomic mass is 32.1. The highest BCUT2D eigenvalue weighted by Gasteiger charge is 2.38. The highest BCUT2D eigenvalue weighted by Crippen LogP contribution is 2.38. The Balaban J connectivity index is 1.25. The summed E-state index contributed by atoms with van der Waals surface area (Å²) < 4.78 is 0. The Morgan fingerprint density at radius 3 is 2.52 bits per heavy atom. The van der Waals surface area contributed by atoms with Crippen molar-refractivity contribution in [2.24, 2.45) is 17.8 Å². The van der Waals surface area contributed by atoms with Gasteiger partial charge < -0.3 is 9.80 Å². The van der Waals surface area contributed by atoms with E-state index in [4.69, 9.17) is 0 Å². The normalized spacial score (nSPS) is 28.4. The van der Waals surface area contributed by atoms with Gasteiger partial charge >= 0.3 is 0 Å². The Morgan fingerprint density at radius 1 is 1.22 bits per heavy atom. The number of carbonyl (C=O) groups is 1. The lowest BCUT2D eigenvalue weighted by molar-refractivity contribution is -0.131. The number of hydrogen-bond acceptors (Lipinski definition) is 4. The number of carbonyl (C=O) groups excluding carboxylic acids is 1. The fraction of sp³-hybridized carbons (Fsp3) is 0.778. The summed E-state index contributed by atoms with van der Waals surface area (Å²) in [6.45, 7) is 6.30. The molecule has 0 bridgehead atoms. The zero-order chi connectivity index (χ0) is 15.8. The van der Waals surface area contributed by atoms with E-state index in [9.17, 15) is 4.79 Å². The van der Waals surface area contributed by atoms with Crippen LogP contribution in [0, 0.1) is 24.7 Å². The molecule has 1 amide bonds. The average Bonchev–Trinajstić information content (AvgIpc) is 3.23. The van der Waals surface area contributed by atoms with Crippen LogP contribution in [0.25, 0.3) is 0 Å². The molecule has 3 aliphatic rings. The van der Waals surface area contributed by atoms with Crippen molar-refractivity contribution in [3.63, 3.8) is 0 Å². The minimum Gasteiger partial charge on any atom is -0.348 e. The number of aryl methyl sites for hydroxylation is 1. The predicted octanol–water partition coefficient (Wildman–Crippen LogP) is 3.32. The van der Waals surface area contributed by atoms with Crippen molar-refractivity contribution in [2.75, 3.05) is 31.1 Å². The van der Waals surface area contributed by atoms with Gasteiger partial charge in [0.25, 0.3) is 0 Å². The fourth-order valence-corrected chi connectivity index (χ4v) is 5.44. The SMILES string of the molecule is Cc1cnc(N2CCC(CC(=O)N3CC4CCCC4C3)CC2)s1. The quantitative estimate of drug-likeness (QED) is 0.851. The summed E-state index contributed by atoms with van der Waals surface area (Å²) in [5.74, 6) is 2.62. The van der Waals surface area contributed by atoms with Gasteiger partial charge in [0.2, 0.25) is 5.91 Å². The van der Waals surface area contributed by atoms with Gasteiger partial charge in [0, 0.05) is 43.7 Å². The second-order valence-corrected chi connectivity index (χ2v) is 8.85. The van der Waals surface area contributed by atoms with Crippen molar-refractivity contribution in [1.82, 2.24) is 9.88 Å². The maximum Gasteiger partial charge on any atom is 0.222 e. The first-order chi connectivity index (χ1) is 11.2. The van der Waals surface area contributed by atoms with Crippen LogP contribution in [-0.2, 0) is 4.79 Å². The van der Waals surface area contributed by atoms with E-state index in [1.54, 1.807) is 11.3 Å². The van der Waals surface area contributed by atoms with E-state index in [-0.39, 0.29) is 0 Å². The van der Waals surface area contributed by atoms with Crippen LogP contribution in [0.5, 0.6) is 0 Å². The maximum absolute atomic E-state index is 12.6. The van der Waals surface area contributed by atoms with Crippen LogP contribution in [0.3, 0.4) is 0 Å². The van der Waals surface area contributed by atoms with E-state index in [2.05, 4.69) is 21.7 Å². The molecule has 0 radical (unpaired) electrons. The van der Waals surface area contributed by atoms with Crippen LogP contribution in [-0.4, -0.2) is 42.0 Å². The van der Waals surface area contributed by atoms with Gasteiger partial charge in [0.05, 0.1) is 0 Å². The molecule has 0 N–H and O–H groups in total. The maximum atomic E-state index is 12.6. The van der Waals surface area contributed by atoms with Gasteiger partial charge in [-0.1, -0.05) is 6.42 Å². The van der Waals surface area contributed by atoms with Crippen molar-refractivity contribution in [3.05, 3.63) is 11.1 Å². The number of piperidine rings is 1. The first-order valence-corrected chi connectivity index (χ1v) is 9.96. The van der Waals surface area contributed by atoms with Crippen molar-refractivity contribution in [3.8, 4) is 0 Å². The van der Waals surface area contributed by atoms with Gasteiger partial charge in [-0.2, -0.15) is 0 Å². The number of rotatable bonds is 3. The van der Waals surface area contributed by atoms with Crippen LogP contribution < -0.4 is 4.90 Å². The molecule has 1 saturated carbocycles. The number of hydrogen-bond donors (Lipinski definition) is 0. The lowest BCUT2D eigenvalue weighted by Gasteiger charge is -2.32. The fourth-order valence-electron chi connectivity index (χ4n) is 4.63. The van der Waals surface area contributed by atoms with E-state index >= 15 is 0 Å². The molecule has 1 aromatic rings. The number of likely N-dealkylation sites (tertiary alicyclic amines) is 1. The number of anilines is 1. The van der Waals surface area contributed by atoms with Crippen molar-refractivity contribution in [2.45, 2.75) is 45.4 Å². The lowest BCUT2D eigenvalue weighted by atomic mass is 9.93. The molecule has 3 heterocycles. The summed E-state index contributed by atoms with van der Waals surface area (Å²) in [7, 11) is 0. The number of amides is 1. The molecule has 126 valence electrons. The summed E-state index contributed by atoms with van der Waals surface area (Å²) in [4.78, 5) is 22.9. The summed E-state index contributed by atoms with van der Waals surface area (Å²) in [6.07, 6.45) is 9.06. The van der Waals surface area contributed by atoms with E-state index in [0.29, 0.717) is 11.8 Å².